The van der Waals surface area contributed by atoms with Gasteiger partial charge in [-0.05, 0) is 26.7 Å². The Kier molecular flexibility index (Phi) is 7.30. The molecule has 20 heavy (non-hydrogen) atoms. The van der Waals surface area contributed by atoms with E-state index < -0.39 is 0 Å². The van der Waals surface area contributed by atoms with Crippen LogP contribution in [0.25, 0.3) is 0 Å². The number of anilines is 2. The van der Waals surface area contributed by atoms with Gasteiger partial charge in [-0.15, -0.1) is 0 Å². The van der Waals surface area contributed by atoms with Gasteiger partial charge in [-0.25, -0.2) is 9.97 Å². The first kappa shape index (κ1) is 16.7. The molecule has 5 nitrogen and oxygen atoms in total. The Bertz CT molecular complexity index is 395. The van der Waals surface area contributed by atoms with Crippen molar-refractivity contribution in [1.82, 2.24) is 9.97 Å². The molecule has 0 fully saturated rings. The largest absolute Gasteiger partial charge is 0.395 e. The van der Waals surface area contributed by atoms with Gasteiger partial charge in [0.15, 0.2) is 0 Å². The molecule has 114 valence electrons. The van der Waals surface area contributed by atoms with Crippen LogP contribution in [0.2, 0.25) is 0 Å². The first-order valence-corrected chi connectivity index (χ1v) is 7.60. The maximum Gasteiger partial charge on any atom is 0.137 e. The zero-order valence-electron chi connectivity index (χ0n) is 13.2. The van der Waals surface area contributed by atoms with Crippen LogP contribution in [-0.2, 0) is 6.42 Å². The maximum absolute atomic E-state index is 9.28. The average Bonchev–Trinajstić information content (AvgIpc) is 2.43. The number of hydrogen-bond donors (Lipinski definition) is 2. The van der Waals surface area contributed by atoms with Gasteiger partial charge in [-0.1, -0.05) is 20.3 Å². The van der Waals surface area contributed by atoms with Crippen molar-refractivity contribution in [3.05, 3.63) is 11.9 Å². The predicted octanol–water partition coefficient (Wildman–Crippen LogP) is 2.46. The molecule has 1 aromatic heterocycles. The van der Waals surface area contributed by atoms with Crippen molar-refractivity contribution in [3.8, 4) is 0 Å². The van der Waals surface area contributed by atoms with Crippen LogP contribution in [-0.4, -0.2) is 40.8 Å². The van der Waals surface area contributed by atoms with E-state index >= 15 is 0 Å². The lowest BCUT2D eigenvalue weighted by molar-refractivity contribution is 0.298. The van der Waals surface area contributed by atoms with E-state index in [1.165, 1.54) is 0 Å². The molecule has 0 radical (unpaired) electrons. The Labute approximate surface area is 122 Å². The third-order valence-corrected chi connectivity index (χ3v) is 3.20. The Morgan fingerprint density at radius 2 is 2.00 bits per heavy atom. The van der Waals surface area contributed by atoms with Gasteiger partial charge in [0.1, 0.15) is 18.0 Å². The molecule has 1 heterocycles. The predicted molar refractivity (Wildman–Crippen MR) is 84.4 cm³/mol. The second-order valence-corrected chi connectivity index (χ2v) is 5.21. The molecule has 0 bridgehead atoms. The fourth-order valence-corrected chi connectivity index (χ4v) is 2.24. The molecule has 1 aromatic rings. The quantitative estimate of drug-likeness (QED) is 0.727. The number of nitrogens with zero attached hydrogens (tertiary/aromatic N) is 3. The van der Waals surface area contributed by atoms with Gasteiger partial charge < -0.3 is 15.3 Å². The minimum atomic E-state index is 0.130. The standard InChI is InChI=1S/C15H28N4O/c1-5-7-13-14(16-8-6-2)17-11-18-15(13)19(9-10-20)12(3)4/h11-12,20H,5-10H2,1-4H3,(H,16,17,18). The first-order chi connectivity index (χ1) is 9.65. The highest BCUT2D eigenvalue weighted by Gasteiger charge is 2.18. The van der Waals surface area contributed by atoms with Crippen molar-refractivity contribution in [1.29, 1.82) is 0 Å². The van der Waals surface area contributed by atoms with E-state index in [4.69, 9.17) is 0 Å². The number of aliphatic hydroxyl groups excluding tert-OH is 1. The normalized spacial score (nSPS) is 10.9. The highest BCUT2D eigenvalue weighted by atomic mass is 16.3. The Hall–Kier alpha value is -1.36. The molecule has 0 saturated heterocycles. The summed E-state index contributed by atoms with van der Waals surface area (Å²) in [6.45, 7) is 10.2. The van der Waals surface area contributed by atoms with Crippen LogP contribution in [0.15, 0.2) is 6.33 Å². The molecule has 0 atom stereocenters. The molecule has 1 rings (SSSR count). The van der Waals surface area contributed by atoms with E-state index in [1.54, 1.807) is 6.33 Å². The molecular weight excluding hydrogens is 252 g/mol. The minimum Gasteiger partial charge on any atom is -0.395 e. The SMILES string of the molecule is CCCNc1ncnc(N(CCO)C(C)C)c1CCC. The van der Waals surface area contributed by atoms with Crippen molar-refractivity contribution in [3.63, 3.8) is 0 Å². The Morgan fingerprint density at radius 1 is 1.25 bits per heavy atom. The van der Waals surface area contributed by atoms with Crippen LogP contribution in [0, 0.1) is 0 Å². The minimum absolute atomic E-state index is 0.130. The van der Waals surface area contributed by atoms with Gasteiger partial charge in [0.25, 0.3) is 0 Å². The number of aromatic nitrogens is 2. The van der Waals surface area contributed by atoms with Gasteiger partial charge in [0, 0.05) is 24.7 Å². The van der Waals surface area contributed by atoms with E-state index in [9.17, 15) is 5.11 Å². The van der Waals surface area contributed by atoms with Crippen LogP contribution in [0.3, 0.4) is 0 Å². The van der Waals surface area contributed by atoms with Crippen LogP contribution >= 0.6 is 0 Å². The van der Waals surface area contributed by atoms with Crippen molar-refractivity contribution >= 4 is 11.6 Å². The van der Waals surface area contributed by atoms with Gasteiger partial charge in [-0.2, -0.15) is 0 Å². The molecule has 0 aliphatic rings. The van der Waals surface area contributed by atoms with E-state index in [1.807, 2.05) is 0 Å². The van der Waals surface area contributed by atoms with Gasteiger partial charge in [0.2, 0.25) is 0 Å². The summed E-state index contributed by atoms with van der Waals surface area (Å²) in [5.41, 5.74) is 1.16. The molecule has 0 aromatic carbocycles. The van der Waals surface area contributed by atoms with Crippen LogP contribution in [0.4, 0.5) is 11.6 Å². The summed E-state index contributed by atoms with van der Waals surface area (Å²) in [6, 6.07) is 0.298. The summed E-state index contributed by atoms with van der Waals surface area (Å²) >= 11 is 0. The lowest BCUT2D eigenvalue weighted by atomic mass is 10.1. The molecule has 2 N–H and O–H groups in total. The molecule has 0 amide bonds. The van der Waals surface area contributed by atoms with E-state index in [0.717, 1.165) is 43.0 Å². The summed E-state index contributed by atoms with van der Waals surface area (Å²) in [7, 11) is 0. The summed E-state index contributed by atoms with van der Waals surface area (Å²) in [4.78, 5) is 11.0. The molecule has 5 heteroatoms. The Balaban J connectivity index is 3.14. The maximum atomic E-state index is 9.28. The summed E-state index contributed by atoms with van der Waals surface area (Å²) in [5.74, 6) is 1.88. The smallest absolute Gasteiger partial charge is 0.137 e. The molecular formula is C15H28N4O. The molecule has 0 unspecified atom stereocenters. The summed E-state index contributed by atoms with van der Waals surface area (Å²) in [5, 5.41) is 12.7. The number of rotatable bonds is 9. The van der Waals surface area contributed by atoms with Crippen molar-refractivity contribution in [2.75, 3.05) is 29.9 Å². The average molecular weight is 280 g/mol. The second-order valence-electron chi connectivity index (χ2n) is 5.21. The highest BCUT2D eigenvalue weighted by Crippen LogP contribution is 2.26. The van der Waals surface area contributed by atoms with Crippen LogP contribution in [0.1, 0.15) is 46.1 Å². The third-order valence-electron chi connectivity index (χ3n) is 3.20. The lowest BCUT2D eigenvalue weighted by Crippen LogP contribution is -2.35. The first-order valence-electron chi connectivity index (χ1n) is 7.60. The summed E-state index contributed by atoms with van der Waals surface area (Å²) in [6.07, 6.45) is 4.66. The number of aliphatic hydroxyl groups is 1. The van der Waals surface area contributed by atoms with Crippen molar-refractivity contribution in [2.45, 2.75) is 53.0 Å². The zero-order chi connectivity index (χ0) is 15.0. The molecule has 0 aliphatic heterocycles. The molecule has 0 spiro atoms. The van der Waals surface area contributed by atoms with Gasteiger partial charge in [-0.3, -0.25) is 0 Å². The fourth-order valence-electron chi connectivity index (χ4n) is 2.24. The number of hydrogen-bond acceptors (Lipinski definition) is 5. The second kappa shape index (κ2) is 8.74. The fraction of sp³-hybridized carbons (Fsp3) is 0.733. The monoisotopic (exact) mass is 280 g/mol. The van der Waals surface area contributed by atoms with Crippen LogP contribution in [0.5, 0.6) is 0 Å². The van der Waals surface area contributed by atoms with E-state index in [0.29, 0.717) is 12.6 Å². The summed E-state index contributed by atoms with van der Waals surface area (Å²) < 4.78 is 0. The zero-order valence-corrected chi connectivity index (χ0v) is 13.2. The molecule has 0 aliphatic carbocycles. The number of nitrogens with one attached hydrogen (secondary N) is 1. The van der Waals surface area contributed by atoms with E-state index in [-0.39, 0.29) is 6.61 Å². The van der Waals surface area contributed by atoms with Crippen molar-refractivity contribution < 1.29 is 5.11 Å². The Morgan fingerprint density at radius 3 is 2.55 bits per heavy atom. The van der Waals surface area contributed by atoms with Gasteiger partial charge in [0.05, 0.1) is 6.61 Å². The topological polar surface area (TPSA) is 61.3 Å². The lowest BCUT2D eigenvalue weighted by Gasteiger charge is -2.29. The third kappa shape index (κ3) is 4.34. The highest BCUT2D eigenvalue weighted by molar-refractivity contribution is 5.59. The van der Waals surface area contributed by atoms with Crippen molar-refractivity contribution in [2.24, 2.45) is 0 Å². The molecule has 0 saturated carbocycles. The van der Waals surface area contributed by atoms with Gasteiger partial charge >= 0.3 is 0 Å². The van der Waals surface area contributed by atoms with E-state index in [2.05, 4.69) is 47.9 Å². The van der Waals surface area contributed by atoms with Crippen LogP contribution < -0.4 is 10.2 Å².